The number of hydrogen-bond acceptors (Lipinski definition) is 4. The SMILES string of the molecule is O=c1oc2ccc(Br)cc2cc1-c1cn2cc(Cc3ccc(F)cc3)sc2n1. The van der Waals surface area contributed by atoms with Crippen LogP contribution in [0.3, 0.4) is 0 Å². The quantitative estimate of drug-likeness (QED) is 0.330. The molecule has 28 heavy (non-hydrogen) atoms. The second-order valence-corrected chi connectivity index (χ2v) is 8.46. The molecular formula is C21H12BrFN2O2S. The summed E-state index contributed by atoms with van der Waals surface area (Å²) in [6.07, 6.45) is 4.52. The highest BCUT2D eigenvalue weighted by Crippen LogP contribution is 2.27. The smallest absolute Gasteiger partial charge is 0.345 e. The van der Waals surface area contributed by atoms with Gasteiger partial charge in [0.15, 0.2) is 4.96 Å². The summed E-state index contributed by atoms with van der Waals surface area (Å²) in [5, 5.41) is 0.831. The zero-order valence-corrected chi connectivity index (χ0v) is 16.8. The van der Waals surface area contributed by atoms with Gasteiger partial charge in [-0.1, -0.05) is 28.1 Å². The zero-order valence-electron chi connectivity index (χ0n) is 14.4. The van der Waals surface area contributed by atoms with Crippen molar-refractivity contribution in [2.24, 2.45) is 0 Å². The molecule has 5 aromatic rings. The fourth-order valence-corrected chi connectivity index (χ4v) is 4.50. The zero-order chi connectivity index (χ0) is 19.3. The summed E-state index contributed by atoms with van der Waals surface area (Å²) >= 11 is 4.98. The van der Waals surface area contributed by atoms with E-state index < -0.39 is 5.63 Å². The lowest BCUT2D eigenvalue weighted by Crippen LogP contribution is -2.02. The molecule has 5 rings (SSSR count). The Morgan fingerprint density at radius 2 is 1.93 bits per heavy atom. The number of thiazole rings is 1. The molecule has 0 radical (unpaired) electrons. The van der Waals surface area contributed by atoms with Crippen molar-refractivity contribution in [3.63, 3.8) is 0 Å². The second-order valence-electron chi connectivity index (χ2n) is 6.45. The number of hydrogen-bond donors (Lipinski definition) is 0. The number of fused-ring (bicyclic) bond motifs is 2. The van der Waals surface area contributed by atoms with Crippen LogP contribution in [0.2, 0.25) is 0 Å². The predicted octanol–water partition coefficient (Wildman–Crippen LogP) is 5.66. The van der Waals surface area contributed by atoms with Crippen molar-refractivity contribution in [1.29, 1.82) is 0 Å². The van der Waals surface area contributed by atoms with Crippen molar-refractivity contribution < 1.29 is 8.81 Å². The number of rotatable bonds is 3. The largest absolute Gasteiger partial charge is 0.422 e. The van der Waals surface area contributed by atoms with E-state index in [1.165, 1.54) is 12.1 Å². The molecule has 0 saturated heterocycles. The van der Waals surface area contributed by atoms with E-state index in [0.29, 0.717) is 23.3 Å². The molecule has 0 N–H and O–H groups in total. The molecule has 7 heteroatoms. The van der Waals surface area contributed by atoms with Crippen LogP contribution in [0.15, 0.2) is 74.6 Å². The van der Waals surface area contributed by atoms with Gasteiger partial charge in [-0.05, 0) is 42.0 Å². The van der Waals surface area contributed by atoms with Crippen molar-refractivity contribution in [3.8, 4) is 11.3 Å². The lowest BCUT2D eigenvalue weighted by Gasteiger charge is -2.00. The Labute approximate surface area is 171 Å². The predicted molar refractivity (Wildman–Crippen MR) is 111 cm³/mol. The van der Waals surface area contributed by atoms with Gasteiger partial charge in [0.05, 0.1) is 11.3 Å². The normalized spacial score (nSPS) is 11.5. The molecule has 0 saturated carbocycles. The molecule has 3 heterocycles. The van der Waals surface area contributed by atoms with Gasteiger partial charge in [0, 0.05) is 33.6 Å². The molecule has 0 aliphatic rings. The Hall–Kier alpha value is -2.77. The number of nitrogens with zero attached hydrogens (tertiary/aromatic N) is 2. The van der Waals surface area contributed by atoms with Crippen LogP contribution in [-0.2, 0) is 6.42 Å². The van der Waals surface area contributed by atoms with Crippen LogP contribution in [0.1, 0.15) is 10.4 Å². The number of imidazole rings is 1. The molecule has 0 unspecified atom stereocenters. The number of benzene rings is 2. The van der Waals surface area contributed by atoms with Crippen molar-refractivity contribution >= 4 is 43.2 Å². The average molecular weight is 455 g/mol. The van der Waals surface area contributed by atoms with E-state index >= 15 is 0 Å². The molecule has 0 aliphatic carbocycles. The molecule has 4 nitrogen and oxygen atoms in total. The van der Waals surface area contributed by atoms with E-state index in [4.69, 9.17) is 4.42 Å². The van der Waals surface area contributed by atoms with Crippen LogP contribution < -0.4 is 5.63 Å². The fraction of sp³-hybridized carbons (Fsp3) is 0.0476. The molecule has 0 atom stereocenters. The topological polar surface area (TPSA) is 47.5 Å². The van der Waals surface area contributed by atoms with Crippen molar-refractivity contribution in [2.75, 3.05) is 0 Å². The average Bonchev–Trinajstić information content (AvgIpc) is 3.22. The number of aromatic nitrogens is 2. The maximum absolute atomic E-state index is 13.1. The summed E-state index contributed by atoms with van der Waals surface area (Å²) in [5.41, 5.74) is 2.18. The van der Waals surface area contributed by atoms with Crippen molar-refractivity contribution in [2.45, 2.75) is 6.42 Å². The Morgan fingerprint density at radius 1 is 1.11 bits per heavy atom. The molecule has 0 fully saturated rings. The molecule has 2 aromatic carbocycles. The van der Waals surface area contributed by atoms with E-state index in [1.807, 2.05) is 28.9 Å². The summed E-state index contributed by atoms with van der Waals surface area (Å²) in [7, 11) is 0. The Bertz CT molecular complexity index is 1350. The van der Waals surface area contributed by atoms with E-state index in [9.17, 15) is 9.18 Å². The molecule has 138 valence electrons. The molecule has 0 amide bonds. The minimum atomic E-state index is -0.410. The molecular weight excluding hydrogens is 443 g/mol. The van der Waals surface area contributed by atoms with E-state index in [0.717, 1.165) is 25.3 Å². The first-order valence-corrected chi connectivity index (χ1v) is 10.1. The third kappa shape index (κ3) is 3.16. The first-order valence-electron chi connectivity index (χ1n) is 8.51. The minimum Gasteiger partial charge on any atom is -0.422 e. The van der Waals surface area contributed by atoms with Crippen molar-refractivity contribution in [3.05, 3.63) is 92.1 Å². The molecule has 3 aromatic heterocycles. The van der Waals surface area contributed by atoms with Gasteiger partial charge in [-0.15, -0.1) is 11.3 Å². The lowest BCUT2D eigenvalue weighted by molar-refractivity contribution is 0.563. The van der Waals surface area contributed by atoms with Gasteiger partial charge in [0.2, 0.25) is 0 Å². The van der Waals surface area contributed by atoms with Crippen LogP contribution in [0, 0.1) is 5.82 Å². The lowest BCUT2D eigenvalue weighted by atomic mass is 10.1. The molecule has 0 aliphatic heterocycles. The summed E-state index contributed by atoms with van der Waals surface area (Å²) < 4.78 is 21.3. The maximum Gasteiger partial charge on any atom is 0.345 e. The molecule has 0 spiro atoms. The van der Waals surface area contributed by atoms with E-state index in [2.05, 4.69) is 20.9 Å². The molecule has 0 bridgehead atoms. The fourth-order valence-electron chi connectivity index (χ4n) is 3.13. The van der Waals surface area contributed by atoms with Crippen LogP contribution in [0.4, 0.5) is 4.39 Å². The van der Waals surface area contributed by atoms with Crippen LogP contribution in [0.5, 0.6) is 0 Å². The van der Waals surface area contributed by atoms with Gasteiger partial charge in [0.1, 0.15) is 11.4 Å². The standard InChI is InChI=1S/C21H12BrFN2O2S/c22-14-3-6-19-13(8-14)9-17(20(26)27-19)18-11-25-10-16(28-21(25)24-18)7-12-1-4-15(23)5-2-12/h1-6,8-11H,7H2. The van der Waals surface area contributed by atoms with Crippen LogP contribution >= 0.6 is 27.3 Å². The van der Waals surface area contributed by atoms with Gasteiger partial charge < -0.3 is 4.42 Å². The van der Waals surface area contributed by atoms with Gasteiger partial charge in [0.25, 0.3) is 0 Å². The van der Waals surface area contributed by atoms with Gasteiger partial charge in [-0.2, -0.15) is 0 Å². The van der Waals surface area contributed by atoms with E-state index in [1.54, 1.807) is 35.6 Å². The first-order chi connectivity index (χ1) is 13.5. The third-order valence-electron chi connectivity index (χ3n) is 4.47. The summed E-state index contributed by atoms with van der Waals surface area (Å²) in [4.78, 5) is 18.9. The summed E-state index contributed by atoms with van der Waals surface area (Å²) in [5.74, 6) is -0.240. The summed E-state index contributed by atoms with van der Waals surface area (Å²) in [6.45, 7) is 0. The summed E-state index contributed by atoms with van der Waals surface area (Å²) in [6, 6.07) is 13.8. The van der Waals surface area contributed by atoms with Gasteiger partial charge in [-0.25, -0.2) is 14.2 Å². The van der Waals surface area contributed by atoms with Gasteiger partial charge in [-0.3, -0.25) is 4.40 Å². The first kappa shape index (κ1) is 17.3. The Balaban J connectivity index is 1.51. The minimum absolute atomic E-state index is 0.240. The number of halogens is 2. The third-order valence-corrected chi connectivity index (χ3v) is 5.96. The van der Waals surface area contributed by atoms with Crippen LogP contribution in [-0.4, -0.2) is 9.38 Å². The Morgan fingerprint density at radius 3 is 2.71 bits per heavy atom. The highest BCUT2D eigenvalue weighted by atomic mass is 79.9. The maximum atomic E-state index is 13.1. The Kier molecular flexibility index (Phi) is 4.14. The van der Waals surface area contributed by atoms with Gasteiger partial charge >= 0.3 is 5.63 Å². The monoisotopic (exact) mass is 454 g/mol. The van der Waals surface area contributed by atoms with Crippen molar-refractivity contribution in [1.82, 2.24) is 9.38 Å². The van der Waals surface area contributed by atoms with Crippen LogP contribution in [0.25, 0.3) is 27.2 Å². The second kappa shape index (κ2) is 6.68. The highest BCUT2D eigenvalue weighted by Gasteiger charge is 2.14. The highest BCUT2D eigenvalue weighted by molar-refractivity contribution is 9.10. The van der Waals surface area contributed by atoms with E-state index in [-0.39, 0.29) is 5.82 Å².